The van der Waals surface area contributed by atoms with E-state index in [1.165, 1.54) is 11.3 Å². The number of aryl methyl sites for hydroxylation is 2. The van der Waals surface area contributed by atoms with E-state index in [0.717, 1.165) is 17.0 Å². The molecular weight excluding hydrogens is 262 g/mol. The average molecular weight is 281 g/mol. The van der Waals surface area contributed by atoms with E-state index in [-0.39, 0.29) is 11.8 Å². The van der Waals surface area contributed by atoms with Crippen LogP contribution in [0.2, 0.25) is 0 Å². The Morgan fingerprint density at radius 2 is 2.21 bits per heavy atom. The van der Waals surface area contributed by atoms with Crippen LogP contribution in [0.25, 0.3) is 0 Å². The normalized spacial score (nSPS) is 19.3. The molecule has 0 saturated carbocycles. The minimum absolute atomic E-state index is 0.0451. The lowest BCUT2D eigenvalue weighted by Crippen LogP contribution is -2.59. The smallest absolute Gasteiger partial charge is 0.264 e. The maximum Gasteiger partial charge on any atom is 0.264 e. The van der Waals surface area contributed by atoms with Crippen LogP contribution in [0.4, 0.5) is 0 Å². The fourth-order valence-electron chi connectivity index (χ4n) is 2.17. The summed E-state index contributed by atoms with van der Waals surface area (Å²) in [7, 11) is 1.60. The summed E-state index contributed by atoms with van der Waals surface area (Å²) in [5.74, 6) is -0.165. The number of hydrogen-bond donors (Lipinski definition) is 2. The van der Waals surface area contributed by atoms with Crippen molar-refractivity contribution in [2.75, 3.05) is 26.7 Å². The van der Waals surface area contributed by atoms with Gasteiger partial charge in [-0.1, -0.05) is 0 Å². The summed E-state index contributed by atoms with van der Waals surface area (Å²) in [6.45, 7) is 5.80. The van der Waals surface area contributed by atoms with Crippen molar-refractivity contribution in [1.29, 1.82) is 0 Å². The molecule has 1 atom stereocenters. The fourth-order valence-corrected chi connectivity index (χ4v) is 3.16. The Labute approximate surface area is 117 Å². The van der Waals surface area contributed by atoms with Crippen LogP contribution in [0.3, 0.4) is 0 Å². The number of thiophene rings is 1. The minimum atomic E-state index is -0.422. The molecule has 1 aromatic rings. The van der Waals surface area contributed by atoms with E-state index < -0.39 is 6.04 Å². The Morgan fingerprint density at radius 1 is 1.47 bits per heavy atom. The number of hydrogen-bond acceptors (Lipinski definition) is 4. The number of carbonyl (C=O) groups excluding carboxylic acids is 2. The first-order valence-electron chi connectivity index (χ1n) is 6.35. The summed E-state index contributed by atoms with van der Waals surface area (Å²) >= 11 is 1.49. The van der Waals surface area contributed by atoms with Gasteiger partial charge in [-0.05, 0) is 25.5 Å². The van der Waals surface area contributed by atoms with Crippen LogP contribution in [0.15, 0.2) is 6.07 Å². The van der Waals surface area contributed by atoms with E-state index in [4.69, 9.17) is 0 Å². The molecule has 2 amide bonds. The average Bonchev–Trinajstić information content (AvgIpc) is 2.77. The third kappa shape index (κ3) is 2.79. The van der Waals surface area contributed by atoms with Crippen molar-refractivity contribution in [2.24, 2.45) is 0 Å². The second-order valence-corrected chi connectivity index (χ2v) is 5.94. The molecule has 1 aromatic heterocycles. The summed E-state index contributed by atoms with van der Waals surface area (Å²) < 4.78 is 0. The van der Waals surface area contributed by atoms with Crippen molar-refractivity contribution in [3.63, 3.8) is 0 Å². The first-order valence-corrected chi connectivity index (χ1v) is 7.16. The molecule has 1 fully saturated rings. The van der Waals surface area contributed by atoms with Crippen molar-refractivity contribution in [3.05, 3.63) is 21.4 Å². The number of carbonyl (C=O) groups is 2. The molecule has 2 rings (SSSR count). The predicted molar refractivity (Wildman–Crippen MR) is 75.6 cm³/mol. The van der Waals surface area contributed by atoms with Crippen LogP contribution >= 0.6 is 11.3 Å². The second kappa shape index (κ2) is 5.71. The van der Waals surface area contributed by atoms with Crippen LogP contribution in [0.5, 0.6) is 0 Å². The van der Waals surface area contributed by atoms with Crippen LogP contribution in [0, 0.1) is 13.8 Å². The molecule has 0 aromatic carbocycles. The Bertz CT molecular complexity index is 479. The van der Waals surface area contributed by atoms with E-state index >= 15 is 0 Å². The van der Waals surface area contributed by atoms with Crippen LogP contribution < -0.4 is 10.6 Å². The molecule has 6 heteroatoms. The fraction of sp³-hybridized carbons (Fsp3) is 0.538. The number of rotatable bonds is 2. The SMILES string of the molecule is CNC(=O)C1CNCCN1C(=O)c1cc(C)c(C)s1. The summed E-state index contributed by atoms with van der Waals surface area (Å²) in [5.41, 5.74) is 1.12. The molecule has 0 spiro atoms. The molecule has 1 aliphatic heterocycles. The quantitative estimate of drug-likeness (QED) is 0.831. The van der Waals surface area contributed by atoms with Gasteiger partial charge in [-0.25, -0.2) is 0 Å². The minimum Gasteiger partial charge on any atom is -0.357 e. The highest BCUT2D eigenvalue weighted by atomic mass is 32.1. The van der Waals surface area contributed by atoms with Crippen LogP contribution in [-0.4, -0.2) is 49.4 Å². The summed E-state index contributed by atoms with van der Waals surface area (Å²) in [5, 5.41) is 5.77. The van der Waals surface area contributed by atoms with Gasteiger partial charge in [0.15, 0.2) is 0 Å². The molecule has 0 aliphatic carbocycles. The largest absolute Gasteiger partial charge is 0.357 e. The highest BCUT2D eigenvalue weighted by Crippen LogP contribution is 2.23. The standard InChI is InChI=1S/C13H19N3O2S/c1-8-6-11(19-9(8)2)13(18)16-5-4-15-7-10(16)12(17)14-3/h6,10,15H,4-5,7H2,1-3H3,(H,14,17). The van der Waals surface area contributed by atoms with Gasteiger partial charge in [-0.15, -0.1) is 11.3 Å². The lowest BCUT2D eigenvalue weighted by molar-refractivity contribution is -0.125. The maximum absolute atomic E-state index is 12.5. The monoisotopic (exact) mass is 281 g/mol. The Balaban J connectivity index is 2.22. The summed E-state index contributed by atoms with van der Waals surface area (Å²) in [6.07, 6.45) is 0. The zero-order valence-electron chi connectivity index (χ0n) is 11.4. The lowest BCUT2D eigenvalue weighted by atomic mass is 10.1. The van der Waals surface area contributed by atoms with E-state index in [1.54, 1.807) is 11.9 Å². The van der Waals surface area contributed by atoms with Gasteiger partial charge in [-0.3, -0.25) is 9.59 Å². The molecule has 0 bridgehead atoms. The number of nitrogens with one attached hydrogen (secondary N) is 2. The van der Waals surface area contributed by atoms with Crippen LogP contribution in [-0.2, 0) is 4.79 Å². The molecule has 19 heavy (non-hydrogen) atoms. The Morgan fingerprint density at radius 3 is 2.79 bits per heavy atom. The third-order valence-corrected chi connectivity index (χ3v) is 4.57. The Hall–Kier alpha value is -1.40. The number of amides is 2. The molecule has 1 unspecified atom stereocenters. The molecule has 0 radical (unpaired) electrons. The van der Waals surface area contributed by atoms with Crippen molar-refractivity contribution in [1.82, 2.24) is 15.5 Å². The van der Waals surface area contributed by atoms with Gasteiger partial charge in [0.05, 0.1) is 4.88 Å². The van der Waals surface area contributed by atoms with Gasteiger partial charge in [0.2, 0.25) is 5.91 Å². The van der Waals surface area contributed by atoms with Crippen molar-refractivity contribution in [3.8, 4) is 0 Å². The van der Waals surface area contributed by atoms with Gasteiger partial charge in [-0.2, -0.15) is 0 Å². The number of likely N-dealkylation sites (N-methyl/N-ethyl adjacent to an activating group) is 1. The molecule has 1 saturated heterocycles. The van der Waals surface area contributed by atoms with Crippen molar-refractivity contribution >= 4 is 23.2 Å². The van der Waals surface area contributed by atoms with E-state index in [1.807, 2.05) is 19.9 Å². The second-order valence-electron chi connectivity index (χ2n) is 4.68. The Kier molecular flexibility index (Phi) is 4.21. The van der Waals surface area contributed by atoms with Crippen molar-refractivity contribution < 1.29 is 9.59 Å². The number of piperazine rings is 1. The first kappa shape index (κ1) is 14.0. The first-order chi connectivity index (χ1) is 9.04. The number of nitrogens with zero attached hydrogens (tertiary/aromatic N) is 1. The summed E-state index contributed by atoms with van der Waals surface area (Å²) in [4.78, 5) is 27.9. The molecule has 104 valence electrons. The van der Waals surface area contributed by atoms with Gasteiger partial charge >= 0.3 is 0 Å². The van der Waals surface area contributed by atoms with Gasteiger partial charge in [0.25, 0.3) is 5.91 Å². The maximum atomic E-state index is 12.5. The highest BCUT2D eigenvalue weighted by molar-refractivity contribution is 7.14. The summed E-state index contributed by atoms with van der Waals surface area (Å²) in [6, 6.07) is 1.49. The van der Waals surface area contributed by atoms with Crippen LogP contribution in [0.1, 0.15) is 20.1 Å². The third-order valence-electron chi connectivity index (χ3n) is 3.43. The van der Waals surface area contributed by atoms with E-state index in [2.05, 4.69) is 10.6 Å². The zero-order valence-corrected chi connectivity index (χ0v) is 12.3. The van der Waals surface area contributed by atoms with Gasteiger partial charge in [0.1, 0.15) is 6.04 Å². The molecule has 2 heterocycles. The highest BCUT2D eigenvalue weighted by Gasteiger charge is 2.32. The molecular formula is C13H19N3O2S. The van der Waals surface area contributed by atoms with Gasteiger partial charge in [0, 0.05) is 31.6 Å². The molecule has 1 aliphatic rings. The van der Waals surface area contributed by atoms with E-state index in [9.17, 15) is 9.59 Å². The predicted octanol–water partition coefficient (Wildman–Crippen LogP) is 0.525. The lowest BCUT2D eigenvalue weighted by Gasteiger charge is -2.34. The molecule has 5 nitrogen and oxygen atoms in total. The zero-order chi connectivity index (χ0) is 14.0. The molecule has 2 N–H and O–H groups in total. The van der Waals surface area contributed by atoms with Crippen molar-refractivity contribution in [2.45, 2.75) is 19.9 Å². The van der Waals surface area contributed by atoms with Gasteiger partial charge < -0.3 is 15.5 Å². The topological polar surface area (TPSA) is 61.4 Å². The van der Waals surface area contributed by atoms with E-state index in [0.29, 0.717) is 18.0 Å².